The molecule has 0 aliphatic heterocycles. The summed E-state index contributed by atoms with van der Waals surface area (Å²) in [5, 5.41) is 2.82. The molecule has 5 heteroatoms. The van der Waals surface area contributed by atoms with Crippen LogP contribution in [-0.2, 0) is 4.79 Å². The van der Waals surface area contributed by atoms with Crippen LogP contribution in [0.2, 0.25) is 0 Å². The molecule has 2 aromatic rings. The van der Waals surface area contributed by atoms with E-state index in [0.29, 0.717) is 17.2 Å². The Morgan fingerprint density at radius 2 is 1.69 bits per heavy atom. The topological polar surface area (TPSA) is 58.6 Å². The van der Waals surface area contributed by atoms with Gasteiger partial charge in [-0.3, -0.25) is 9.59 Å². The lowest BCUT2D eigenvalue weighted by Crippen LogP contribution is -2.32. The number of benzene rings is 2. The predicted molar refractivity (Wildman–Crippen MR) is 118 cm³/mol. The number of anilines is 1. The van der Waals surface area contributed by atoms with Crippen molar-refractivity contribution in [3.8, 4) is 5.75 Å². The van der Waals surface area contributed by atoms with Crippen LogP contribution in [0.1, 0.15) is 62.4 Å². The first-order chi connectivity index (χ1) is 14.0. The Hall–Kier alpha value is -2.82. The van der Waals surface area contributed by atoms with Crippen molar-refractivity contribution in [3.63, 3.8) is 0 Å². The van der Waals surface area contributed by atoms with E-state index in [-0.39, 0.29) is 18.4 Å². The number of rotatable bonds is 10. The fraction of sp³-hybridized carbons (Fsp3) is 0.417. The number of hydrogen-bond acceptors (Lipinski definition) is 3. The van der Waals surface area contributed by atoms with Crippen molar-refractivity contribution in [2.75, 3.05) is 25.0 Å². The SMILES string of the molecule is CCCN(CCC)C(=O)c1cccc(NC(=O)COc2ccccc2C(C)C)c1. The average molecular weight is 397 g/mol. The van der Waals surface area contributed by atoms with Crippen LogP contribution < -0.4 is 10.1 Å². The molecule has 1 N–H and O–H groups in total. The Labute approximate surface area is 174 Å². The molecule has 0 aliphatic rings. The summed E-state index contributed by atoms with van der Waals surface area (Å²) in [6, 6.07) is 14.8. The Bertz CT molecular complexity index is 811. The first-order valence-corrected chi connectivity index (χ1v) is 10.4. The van der Waals surface area contributed by atoms with E-state index in [1.54, 1.807) is 24.3 Å². The monoisotopic (exact) mass is 396 g/mol. The molecule has 5 nitrogen and oxygen atoms in total. The van der Waals surface area contributed by atoms with Crippen LogP contribution in [0.4, 0.5) is 5.69 Å². The summed E-state index contributed by atoms with van der Waals surface area (Å²) in [5.41, 5.74) is 2.24. The molecular weight excluding hydrogens is 364 g/mol. The van der Waals surface area contributed by atoms with Gasteiger partial charge < -0.3 is 15.0 Å². The first kappa shape index (κ1) is 22.5. The number of hydrogen-bond donors (Lipinski definition) is 1. The Kier molecular flexibility index (Phi) is 8.71. The molecule has 0 spiro atoms. The maximum absolute atomic E-state index is 12.8. The van der Waals surface area contributed by atoms with E-state index in [9.17, 15) is 9.59 Å². The summed E-state index contributed by atoms with van der Waals surface area (Å²) in [6.45, 7) is 9.67. The van der Waals surface area contributed by atoms with Gasteiger partial charge in [-0.2, -0.15) is 0 Å². The molecule has 0 saturated carbocycles. The minimum atomic E-state index is -0.257. The second-order valence-electron chi connectivity index (χ2n) is 7.40. The average Bonchev–Trinajstić information content (AvgIpc) is 2.72. The van der Waals surface area contributed by atoms with E-state index >= 15 is 0 Å². The van der Waals surface area contributed by atoms with E-state index in [1.807, 2.05) is 29.2 Å². The van der Waals surface area contributed by atoms with Gasteiger partial charge in [0.2, 0.25) is 0 Å². The third-order valence-electron chi connectivity index (χ3n) is 4.57. The molecule has 2 amide bonds. The molecule has 0 bridgehead atoms. The van der Waals surface area contributed by atoms with Crippen LogP contribution >= 0.6 is 0 Å². The van der Waals surface area contributed by atoms with Crippen LogP contribution in [0.15, 0.2) is 48.5 Å². The third kappa shape index (κ3) is 6.63. The molecule has 0 saturated heterocycles. The second-order valence-corrected chi connectivity index (χ2v) is 7.40. The molecule has 0 fully saturated rings. The van der Waals surface area contributed by atoms with Crippen molar-refractivity contribution < 1.29 is 14.3 Å². The first-order valence-electron chi connectivity index (χ1n) is 10.4. The fourth-order valence-corrected chi connectivity index (χ4v) is 3.20. The minimum Gasteiger partial charge on any atom is -0.483 e. The van der Waals surface area contributed by atoms with Crippen molar-refractivity contribution in [1.29, 1.82) is 0 Å². The van der Waals surface area contributed by atoms with Crippen LogP contribution in [0, 0.1) is 0 Å². The number of carbonyl (C=O) groups excluding carboxylic acids is 2. The molecule has 0 aromatic heterocycles. The minimum absolute atomic E-state index is 0.00749. The van der Waals surface area contributed by atoms with Crippen LogP contribution in [0.5, 0.6) is 5.75 Å². The van der Waals surface area contributed by atoms with Gasteiger partial charge in [0.1, 0.15) is 5.75 Å². The zero-order valence-electron chi connectivity index (χ0n) is 17.9. The molecule has 0 heterocycles. The van der Waals surface area contributed by atoms with Crippen LogP contribution in [-0.4, -0.2) is 36.4 Å². The molecule has 2 aromatic carbocycles. The summed E-state index contributed by atoms with van der Waals surface area (Å²) in [7, 11) is 0. The normalized spacial score (nSPS) is 10.7. The third-order valence-corrected chi connectivity index (χ3v) is 4.57. The Balaban J connectivity index is 2.01. The highest BCUT2D eigenvalue weighted by molar-refractivity contribution is 5.97. The highest BCUT2D eigenvalue weighted by Crippen LogP contribution is 2.25. The zero-order chi connectivity index (χ0) is 21.2. The number of para-hydroxylation sites is 1. The summed E-state index contributed by atoms with van der Waals surface area (Å²) < 4.78 is 5.73. The maximum atomic E-state index is 12.8. The van der Waals surface area contributed by atoms with Gasteiger partial charge in [0.25, 0.3) is 11.8 Å². The van der Waals surface area contributed by atoms with Gasteiger partial charge in [0.15, 0.2) is 6.61 Å². The fourth-order valence-electron chi connectivity index (χ4n) is 3.20. The van der Waals surface area contributed by atoms with Gasteiger partial charge in [-0.05, 0) is 48.6 Å². The molecular formula is C24H32N2O3. The van der Waals surface area contributed by atoms with Gasteiger partial charge in [0.05, 0.1) is 0 Å². The maximum Gasteiger partial charge on any atom is 0.262 e. The van der Waals surface area contributed by atoms with E-state index in [0.717, 1.165) is 37.2 Å². The number of carbonyl (C=O) groups is 2. The lowest BCUT2D eigenvalue weighted by molar-refractivity contribution is -0.118. The molecule has 2 rings (SSSR count). The highest BCUT2D eigenvalue weighted by atomic mass is 16.5. The van der Waals surface area contributed by atoms with E-state index < -0.39 is 0 Å². The molecule has 156 valence electrons. The molecule has 29 heavy (non-hydrogen) atoms. The highest BCUT2D eigenvalue weighted by Gasteiger charge is 2.15. The van der Waals surface area contributed by atoms with Crippen molar-refractivity contribution in [2.45, 2.75) is 46.5 Å². The number of ether oxygens (including phenoxy) is 1. The Morgan fingerprint density at radius 1 is 1.00 bits per heavy atom. The van der Waals surface area contributed by atoms with Crippen LogP contribution in [0.3, 0.4) is 0 Å². The lowest BCUT2D eigenvalue weighted by atomic mass is 10.0. The van der Waals surface area contributed by atoms with Gasteiger partial charge in [-0.15, -0.1) is 0 Å². The molecule has 0 radical (unpaired) electrons. The van der Waals surface area contributed by atoms with Gasteiger partial charge in [0, 0.05) is 24.3 Å². The molecule has 0 aliphatic carbocycles. The van der Waals surface area contributed by atoms with Gasteiger partial charge >= 0.3 is 0 Å². The number of amides is 2. The smallest absolute Gasteiger partial charge is 0.262 e. The quantitative estimate of drug-likeness (QED) is 0.608. The molecule has 0 unspecified atom stereocenters. The standard InChI is InChI=1S/C24H32N2O3/c1-5-14-26(15-6-2)24(28)19-10-9-11-20(16-19)25-23(27)17-29-22-13-8-7-12-21(22)18(3)4/h7-13,16,18H,5-6,14-15,17H2,1-4H3,(H,25,27). The summed E-state index contributed by atoms with van der Waals surface area (Å²) in [5.74, 6) is 0.765. The Morgan fingerprint density at radius 3 is 2.34 bits per heavy atom. The van der Waals surface area contributed by atoms with Crippen molar-refractivity contribution in [3.05, 3.63) is 59.7 Å². The number of nitrogens with zero attached hydrogens (tertiary/aromatic N) is 1. The lowest BCUT2D eigenvalue weighted by Gasteiger charge is -2.21. The molecule has 0 atom stereocenters. The van der Waals surface area contributed by atoms with Gasteiger partial charge in [-0.1, -0.05) is 52.0 Å². The largest absolute Gasteiger partial charge is 0.483 e. The van der Waals surface area contributed by atoms with Crippen molar-refractivity contribution in [1.82, 2.24) is 4.90 Å². The second kappa shape index (κ2) is 11.2. The summed E-state index contributed by atoms with van der Waals surface area (Å²) in [4.78, 5) is 27.0. The van der Waals surface area contributed by atoms with E-state index in [2.05, 4.69) is 33.0 Å². The number of nitrogens with one attached hydrogen (secondary N) is 1. The van der Waals surface area contributed by atoms with Crippen molar-refractivity contribution >= 4 is 17.5 Å². The predicted octanol–water partition coefficient (Wildman–Crippen LogP) is 5.09. The zero-order valence-corrected chi connectivity index (χ0v) is 17.9. The van der Waals surface area contributed by atoms with Crippen molar-refractivity contribution in [2.24, 2.45) is 0 Å². The summed E-state index contributed by atoms with van der Waals surface area (Å²) >= 11 is 0. The summed E-state index contributed by atoms with van der Waals surface area (Å²) in [6.07, 6.45) is 1.83. The van der Waals surface area contributed by atoms with E-state index in [1.165, 1.54) is 0 Å². The van der Waals surface area contributed by atoms with E-state index in [4.69, 9.17) is 4.74 Å². The van der Waals surface area contributed by atoms with Crippen LogP contribution in [0.25, 0.3) is 0 Å². The van der Waals surface area contributed by atoms with Gasteiger partial charge in [-0.25, -0.2) is 0 Å².